The Bertz CT molecular complexity index is 966. The van der Waals surface area contributed by atoms with Crippen molar-refractivity contribution >= 4 is 11.6 Å². The summed E-state index contributed by atoms with van der Waals surface area (Å²) in [6.07, 6.45) is 1.42. The average molecular weight is 386 g/mol. The van der Waals surface area contributed by atoms with E-state index in [0.29, 0.717) is 40.1 Å². The Morgan fingerprint density at radius 1 is 1.26 bits per heavy atom. The molecule has 0 aliphatic carbocycles. The second-order valence-corrected chi connectivity index (χ2v) is 7.63. The van der Waals surface area contributed by atoms with Crippen molar-refractivity contribution < 1.29 is 19.0 Å². The average Bonchev–Trinajstić information content (AvgIpc) is 3.07. The van der Waals surface area contributed by atoms with E-state index in [9.17, 15) is 5.11 Å². The fraction of sp³-hybridized carbons (Fsp3) is 0.286. The number of rotatable bonds is 4. The monoisotopic (exact) mass is 385 g/mol. The summed E-state index contributed by atoms with van der Waals surface area (Å²) in [7, 11) is 0. The molecule has 1 atom stereocenters. The summed E-state index contributed by atoms with van der Waals surface area (Å²) in [4.78, 5) is 4.45. The molecule has 1 aromatic heterocycles. The zero-order valence-electron chi connectivity index (χ0n) is 15.1. The second kappa shape index (κ2) is 6.91. The van der Waals surface area contributed by atoms with Crippen LogP contribution in [0.3, 0.4) is 0 Å². The van der Waals surface area contributed by atoms with Crippen molar-refractivity contribution in [2.75, 3.05) is 0 Å². The van der Waals surface area contributed by atoms with Gasteiger partial charge in [-0.15, -0.1) is 0 Å². The largest absolute Gasteiger partial charge is 0.487 e. The third kappa shape index (κ3) is 3.80. The van der Waals surface area contributed by atoms with E-state index in [2.05, 4.69) is 4.98 Å². The van der Waals surface area contributed by atoms with E-state index in [0.717, 1.165) is 5.56 Å². The van der Waals surface area contributed by atoms with Crippen LogP contribution >= 0.6 is 11.6 Å². The zero-order chi connectivity index (χ0) is 19.0. The van der Waals surface area contributed by atoms with Crippen LogP contribution in [0.1, 0.15) is 37.6 Å². The summed E-state index contributed by atoms with van der Waals surface area (Å²) < 4.78 is 17.4. The first kappa shape index (κ1) is 17.9. The van der Waals surface area contributed by atoms with Crippen LogP contribution in [0.15, 0.2) is 53.1 Å². The lowest BCUT2D eigenvalue weighted by Crippen LogP contribution is -2.35. The summed E-state index contributed by atoms with van der Waals surface area (Å²) >= 11 is 6.01. The molecule has 2 heterocycles. The van der Waals surface area contributed by atoms with Gasteiger partial charge in [0, 0.05) is 17.0 Å². The molecule has 5 nitrogen and oxygen atoms in total. The van der Waals surface area contributed by atoms with Crippen molar-refractivity contribution in [3.63, 3.8) is 0 Å². The van der Waals surface area contributed by atoms with E-state index in [1.165, 1.54) is 0 Å². The molecule has 0 fully saturated rings. The fourth-order valence-electron chi connectivity index (χ4n) is 3.25. The van der Waals surface area contributed by atoms with Gasteiger partial charge in [0.25, 0.3) is 0 Å². The van der Waals surface area contributed by atoms with Crippen molar-refractivity contribution in [2.45, 2.75) is 38.6 Å². The van der Waals surface area contributed by atoms with Crippen molar-refractivity contribution in [1.29, 1.82) is 0 Å². The Morgan fingerprint density at radius 3 is 2.89 bits per heavy atom. The van der Waals surface area contributed by atoms with Crippen molar-refractivity contribution in [1.82, 2.24) is 4.98 Å². The summed E-state index contributed by atoms with van der Waals surface area (Å²) in [6, 6.07) is 12.8. The molecule has 0 saturated carbocycles. The molecule has 0 amide bonds. The standard InChI is InChI=1S/C21H20ClNO4/c1-21(2)10-16(24)19-17(7-4-8-18(19)27-21)25-11-15-12-26-20(23-15)13-5-3-6-14(22)9-13/h3-9,12,16,24H,10-11H2,1-2H3/t16-/m0/s1. The molecule has 6 heteroatoms. The first-order valence-corrected chi connectivity index (χ1v) is 9.12. The molecule has 0 unspecified atom stereocenters. The van der Waals surface area contributed by atoms with Gasteiger partial charge in [0.1, 0.15) is 35.7 Å². The molecule has 140 valence electrons. The summed E-state index contributed by atoms with van der Waals surface area (Å²) in [5, 5.41) is 11.2. The highest BCUT2D eigenvalue weighted by Crippen LogP contribution is 2.44. The third-order valence-electron chi connectivity index (χ3n) is 4.43. The minimum absolute atomic E-state index is 0.219. The lowest BCUT2D eigenvalue weighted by molar-refractivity contribution is 0.00947. The van der Waals surface area contributed by atoms with E-state index in [1.807, 2.05) is 44.2 Å². The highest BCUT2D eigenvalue weighted by Gasteiger charge is 2.34. The SMILES string of the molecule is CC1(C)C[C@H](O)c2c(OCc3coc(-c4cccc(Cl)c4)n3)cccc2O1. The van der Waals surface area contributed by atoms with E-state index in [4.69, 9.17) is 25.5 Å². The van der Waals surface area contributed by atoms with Crippen LogP contribution in [0.4, 0.5) is 0 Å². The predicted octanol–water partition coefficient (Wildman–Crippen LogP) is 5.17. The van der Waals surface area contributed by atoms with E-state index in [-0.39, 0.29) is 6.61 Å². The van der Waals surface area contributed by atoms with E-state index in [1.54, 1.807) is 18.4 Å². The number of halogens is 1. The maximum absolute atomic E-state index is 10.5. The summed E-state index contributed by atoms with van der Waals surface area (Å²) in [5.74, 6) is 1.72. The highest BCUT2D eigenvalue weighted by atomic mass is 35.5. The zero-order valence-corrected chi connectivity index (χ0v) is 15.9. The van der Waals surface area contributed by atoms with Gasteiger partial charge < -0.3 is 19.0 Å². The van der Waals surface area contributed by atoms with Gasteiger partial charge in [-0.25, -0.2) is 4.98 Å². The van der Waals surface area contributed by atoms with Gasteiger partial charge in [0.05, 0.1) is 11.7 Å². The summed E-state index contributed by atoms with van der Waals surface area (Å²) in [6.45, 7) is 4.13. The highest BCUT2D eigenvalue weighted by molar-refractivity contribution is 6.30. The molecule has 0 radical (unpaired) electrons. The van der Waals surface area contributed by atoms with Crippen LogP contribution in [-0.4, -0.2) is 15.7 Å². The minimum Gasteiger partial charge on any atom is -0.487 e. The first-order valence-electron chi connectivity index (χ1n) is 8.74. The van der Waals surface area contributed by atoms with E-state index < -0.39 is 11.7 Å². The lowest BCUT2D eigenvalue weighted by atomic mass is 9.91. The van der Waals surface area contributed by atoms with Crippen molar-refractivity contribution in [3.05, 3.63) is 65.0 Å². The molecular weight excluding hydrogens is 366 g/mol. The molecular formula is C21H20ClNO4. The Hall–Kier alpha value is -2.50. The van der Waals surface area contributed by atoms with Gasteiger partial charge in [0.2, 0.25) is 5.89 Å². The van der Waals surface area contributed by atoms with Crippen LogP contribution in [0.25, 0.3) is 11.5 Å². The topological polar surface area (TPSA) is 64.7 Å². The maximum atomic E-state index is 10.5. The number of aliphatic hydroxyl groups is 1. The van der Waals surface area contributed by atoms with Crippen LogP contribution in [0, 0.1) is 0 Å². The molecule has 2 aromatic carbocycles. The van der Waals surface area contributed by atoms with Crippen LogP contribution in [0.5, 0.6) is 11.5 Å². The lowest BCUT2D eigenvalue weighted by Gasteiger charge is -2.36. The number of aliphatic hydroxyl groups excluding tert-OH is 1. The predicted molar refractivity (Wildman–Crippen MR) is 102 cm³/mol. The number of ether oxygens (including phenoxy) is 2. The molecule has 0 saturated heterocycles. The molecule has 27 heavy (non-hydrogen) atoms. The molecule has 4 rings (SSSR count). The van der Waals surface area contributed by atoms with Gasteiger partial charge in [-0.2, -0.15) is 0 Å². The smallest absolute Gasteiger partial charge is 0.226 e. The maximum Gasteiger partial charge on any atom is 0.226 e. The number of hydrogen-bond donors (Lipinski definition) is 1. The molecule has 1 N–H and O–H groups in total. The third-order valence-corrected chi connectivity index (χ3v) is 4.66. The number of fused-ring (bicyclic) bond motifs is 1. The molecule has 0 spiro atoms. The van der Waals surface area contributed by atoms with Gasteiger partial charge >= 0.3 is 0 Å². The first-order chi connectivity index (χ1) is 12.9. The number of hydrogen-bond acceptors (Lipinski definition) is 5. The van der Waals surface area contributed by atoms with Crippen LogP contribution < -0.4 is 9.47 Å². The Balaban J connectivity index is 1.52. The Labute approximate surface area is 162 Å². The number of oxazole rings is 1. The van der Waals surface area contributed by atoms with Gasteiger partial charge in [-0.05, 0) is 44.2 Å². The molecule has 1 aliphatic heterocycles. The second-order valence-electron chi connectivity index (χ2n) is 7.19. The fourth-order valence-corrected chi connectivity index (χ4v) is 3.44. The quantitative estimate of drug-likeness (QED) is 0.671. The number of benzene rings is 2. The normalized spacial score (nSPS) is 17.9. The van der Waals surface area contributed by atoms with Crippen LogP contribution in [-0.2, 0) is 6.61 Å². The number of nitrogens with zero attached hydrogens (tertiary/aromatic N) is 1. The Kier molecular flexibility index (Phi) is 4.58. The molecule has 0 bridgehead atoms. The van der Waals surface area contributed by atoms with Gasteiger partial charge in [0.15, 0.2) is 0 Å². The molecule has 1 aliphatic rings. The Morgan fingerprint density at radius 2 is 2.07 bits per heavy atom. The van der Waals surface area contributed by atoms with E-state index >= 15 is 0 Å². The van der Waals surface area contributed by atoms with Crippen molar-refractivity contribution in [2.24, 2.45) is 0 Å². The van der Waals surface area contributed by atoms with Gasteiger partial charge in [-0.1, -0.05) is 23.7 Å². The van der Waals surface area contributed by atoms with Crippen molar-refractivity contribution in [3.8, 4) is 23.0 Å². The minimum atomic E-state index is -0.640. The number of aromatic nitrogens is 1. The summed E-state index contributed by atoms with van der Waals surface area (Å²) in [5.41, 5.74) is 1.71. The van der Waals surface area contributed by atoms with Gasteiger partial charge in [-0.3, -0.25) is 0 Å². The van der Waals surface area contributed by atoms with Crippen LogP contribution in [0.2, 0.25) is 5.02 Å². The molecule has 3 aromatic rings.